The van der Waals surface area contributed by atoms with Crippen LogP contribution in [0.5, 0.6) is 0 Å². The molecule has 0 bridgehead atoms. The Hall–Kier alpha value is -5.82. The van der Waals surface area contributed by atoms with E-state index in [9.17, 15) is 0 Å². The van der Waals surface area contributed by atoms with E-state index < -0.39 is 0 Å². The van der Waals surface area contributed by atoms with Crippen molar-refractivity contribution < 1.29 is 4.42 Å². The number of para-hydroxylation sites is 1. The van der Waals surface area contributed by atoms with Crippen LogP contribution in [-0.2, 0) is 0 Å². The van der Waals surface area contributed by atoms with Crippen molar-refractivity contribution in [3.8, 4) is 45.6 Å². The molecule has 5 aromatic heterocycles. The molecule has 0 amide bonds. The molecule has 0 saturated carbocycles. The van der Waals surface area contributed by atoms with Crippen LogP contribution in [0.2, 0.25) is 0 Å². The molecular formula is C34H20N6O. The van der Waals surface area contributed by atoms with Crippen molar-refractivity contribution in [1.29, 1.82) is 0 Å². The number of nitrogens with zero attached hydrogens (tertiary/aromatic N) is 6. The van der Waals surface area contributed by atoms with Gasteiger partial charge in [-0.25, -0.2) is 24.9 Å². The van der Waals surface area contributed by atoms with Gasteiger partial charge in [-0.1, -0.05) is 84.9 Å². The van der Waals surface area contributed by atoms with Gasteiger partial charge in [-0.05, 0) is 24.3 Å². The van der Waals surface area contributed by atoms with E-state index in [4.69, 9.17) is 24.4 Å². The highest BCUT2D eigenvalue weighted by Crippen LogP contribution is 2.36. The number of aromatic nitrogens is 6. The van der Waals surface area contributed by atoms with Gasteiger partial charge in [0, 0.05) is 33.7 Å². The summed E-state index contributed by atoms with van der Waals surface area (Å²) in [5.41, 5.74) is 6.17. The summed E-state index contributed by atoms with van der Waals surface area (Å²) in [7, 11) is 0. The van der Waals surface area contributed by atoms with Crippen molar-refractivity contribution in [3.05, 3.63) is 122 Å². The van der Waals surface area contributed by atoms with Crippen molar-refractivity contribution in [1.82, 2.24) is 29.9 Å². The summed E-state index contributed by atoms with van der Waals surface area (Å²) in [6.45, 7) is 0. The van der Waals surface area contributed by atoms with E-state index in [1.54, 1.807) is 12.4 Å². The molecule has 7 heteroatoms. The SMILES string of the molecule is c1ccc(-c2nc(-c3ccccc3)nc(-c3ccnc4oc5cnc(-c6ccc7ccccc7n6)cc5c34)n2)cc1. The lowest BCUT2D eigenvalue weighted by molar-refractivity contribution is 0.652. The zero-order chi connectivity index (χ0) is 27.2. The minimum absolute atomic E-state index is 0.492. The smallest absolute Gasteiger partial charge is 0.228 e. The molecule has 7 nitrogen and oxygen atoms in total. The maximum Gasteiger partial charge on any atom is 0.228 e. The molecule has 0 aliphatic heterocycles. The third-order valence-corrected chi connectivity index (χ3v) is 7.06. The van der Waals surface area contributed by atoms with Crippen LogP contribution < -0.4 is 0 Å². The number of fused-ring (bicyclic) bond motifs is 4. The fourth-order valence-corrected chi connectivity index (χ4v) is 5.07. The topological polar surface area (TPSA) is 90.5 Å². The van der Waals surface area contributed by atoms with Crippen molar-refractivity contribution in [2.45, 2.75) is 0 Å². The lowest BCUT2D eigenvalue weighted by Gasteiger charge is -2.09. The third kappa shape index (κ3) is 4.08. The summed E-state index contributed by atoms with van der Waals surface area (Å²) in [6.07, 6.45) is 3.44. The fourth-order valence-electron chi connectivity index (χ4n) is 5.07. The monoisotopic (exact) mass is 528 g/mol. The zero-order valence-corrected chi connectivity index (χ0v) is 21.6. The molecule has 3 aromatic carbocycles. The molecule has 0 N–H and O–H groups in total. The Balaban J connectivity index is 1.35. The number of pyridine rings is 3. The Bertz CT molecular complexity index is 2150. The third-order valence-electron chi connectivity index (χ3n) is 7.06. The number of hydrogen-bond donors (Lipinski definition) is 0. The van der Waals surface area contributed by atoms with Crippen LogP contribution in [0.15, 0.2) is 126 Å². The maximum atomic E-state index is 6.14. The Morgan fingerprint density at radius 3 is 1.98 bits per heavy atom. The summed E-state index contributed by atoms with van der Waals surface area (Å²) in [5.74, 6) is 1.72. The molecule has 8 rings (SSSR count). The highest BCUT2D eigenvalue weighted by Gasteiger charge is 2.19. The van der Waals surface area contributed by atoms with Gasteiger partial charge in [0.15, 0.2) is 23.1 Å². The lowest BCUT2D eigenvalue weighted by Crippen LogP contribution is -2.00. The molecule has 0 fully saturated rings. The average Bonchev–Trinajstić information content (AvgIpc) is 3.43. The molecule has 8 aromatic rings. The number of furan rings is 1. The Morgan fingerprint density at radius 1 is 0.537 bits per heavy atom. The van der Waals surface area contributed by atoms with Crippen molar-refractivity contribution >= 4 is 33.0 Å². The quantitative estimate of drug-likeness (QED) is 0.230. The lowest BCUT2D eigenvalue weighted by atomic mass is 10.1. The molecule has 0 radical (unpaired) electrons. The number of benzene rings is 3. The highest BCUT2D eigenvalue weighted by molar-refractivity contribution is 6.11. The minimum Gasteiger partial charge on any atom is -0.436 e. The van der Waals surface area contributed by atoms with Gasteiger partial charge >= 0.3 is 0 Å². The highest BCUT2D eigenvalue weighted by atomic mass is 16.3. The second-order valence-electron chi connectivity index (χ2n) is 9.63. The second-order valence-corrected chi connectivity index (χ2v) is 9.63. The minimum atomic E-state index is 0.492. The van der Waals surface area contributed by atoms with Gasteiger partial charge < -0.3 is 4.42 Å². The Labute approximate surface area is 234 Å². The van der Waals surface area contributed by atoms with E-state index in [-0.39, 0.29) is 0 Å². The molecule has 41 heavy (non-hydrogen) atoms. The first-order valence-corrected chi connectivity index (χ1v) is 13.2. The van der Waals surface area contributed by atoms with Crippen molar-refractivity contribution in [3.63, 3.8) is 0 Å². The summed E-state index contributed by atoms with van der Waals surface area (Å²) in [6, 6.07) is 35.9. The van der Waals surface area contributed by atoms with Crippen LogP contribution in [-0.4, -0.2) is 29.9 Å². The van der Waals surface area contributed by atoms with Gasteiger partial charge in [0.05, 0.1) is 28.5 Å². The molecule has 5 heterocycles. The predicted molar refractivity (Wildman–Crippen MR) is 160 cm³/mol. The van der Waals surface area contributed by atoms with Gasteiger partial charge in [-0.3, -0.25) is 4.98 Å². The summed E-state index contributed by atoms with van der Waals surface area (Å²) >= 11 is 0. The van der Waals surface area contributed by atoms with Crippen LogP contribution >= 0.6 is 0 Å². The molecule has 0 unspecified atom stereocenters. The van der Waals surface area contributed by atoms with Gasteiger partial charge in [-0.2, -0.15) is 0 Å². The van der Waals surface area contributed by atoms with E-state index >= 15 is 0 Å². The van der Waals surface area contributed by atoms with E-state index in [2.05, 4.69) is 16.0 Å². The first-order chi connectivity index (χ1) is 20.3. The number of hydrogen-bond acceptors (Lipinski definition) is 7. The first kappa shape index (κ1) is 23.1. The Morgan fingerprint density at radius 2 is 1.22 bits per heavy atom. The van der Waals surface area contributed by atoms with Crippen LogP contribution in [0.25, 0.3) is 78.5 Å². The fraction of sp³-hybridized carbons (Fsp3) is 0. The summed E-state index contributed by atoms with van der Waals surface area (Å²) in [4.78, 5) is 28.7. The largest absolute Gasteiger partial charge is 0.436 e. The molecule has 0 spiro atoms. The molecule has 0 saturated heterocycles. The van der Waals surface area contributed by atoms with E-state index in [0.29, 0.717) is 28.8 Å². The van der Waals surface area contributed by atoms with E-state index in [0.717, 1.165) is 49.8 Å². The van der Waals surface area contributed by atoms with Gasteiger partial charge in [-0.15, -0.1) is 0 Å². The molecule has 0 aliphatic rings. The summed E-state index contributed by atoms with van der Waals surface area (Å²) in [5, 5.41) is 2.76. The van der Waals surface area contributed by atoms with Crippen LogP contribution in [0.3, 0.4) is 0 Å². The van der Waals surface area contributed by atoms with Crippen molar-refractivity contribution in [2.75, 3.05) is 0 Å². The molecule has 0 atom stereocenters. The second kappa shape index (κ2) is 9.43. The molecule has 192 valence electrons. The zero-order valence-electron chi connectivity index (χ0n) is 21.6. The van der Waals surface area contributed by atoms with Crippen molar-refractivity contribution in [2.24, 2.45) is 0 Å². The van der Waals surface area contributed by atoms with Gasteiger partial charge in [0.25, 0.3) is 0 Å². The first-order valence-electron chi connectivity index (χ1n) is 13.2. The Kier molecular flexibility index (Phi) is 5.31. The molecule has 0 aliphatic carbocycles. The predicted octanol–water partition coefficient (Wildman–Crippen LogP) is 7.78. The van der Waals surface area contributed by atoms with Gasteiger partial charge in [0.2, 0.25) is 5.71 Å². The normalized spacial score (nSPS) is 11.4. The average molecular weight is 529 g/mol. The number of rotatable bonds is 4. The van der Waals surface area contributed by atoms with Crippen LogP contribution in [0.1, 0.15) is 0 Å². The molecular weight excluding hydrogens is 508 g/mol. The summed E-state index contributed by atoms with van der Waals surface area (Å²) < 4.78 is 6.14. The van der Waals surface area contributed by atoms with Gasteiger partial charge in [0.1, 0.15) is 0 Å². The maximum absolute atomic E-state index is 6.14. The van der Waals surface area contributed by atoms with Crippen LogP contribution in [0.4, 0.5) is 0 Å². The van der Waals surface area contributed by atoms with Crippen LogP contribution in [0, 0.1) is 0 Å². The van der Waals surface area contributed by atoms with E-state index in [1.165, 1.54) is 0 Å². The van der Waals surface area contributed by atoms with E-state index in [1.807, 2.05) is 103 Å². The standard InChI is InChI=1S/C34H20N6O/c1-3-10-22(11-4-1)31-38-32(23-12-5-2-6-13-23)40-33(39-31)24-17-18-35-34-30(24)25-19-28(36-20-29(25)41-34)27-16-15-21-9-7-8-14-26(21)37-27/h1-20H.